The summed E-state index contributed by atoms with van der Waals surface area (Å²) in [7, 11) is 0. The average molecular weight is 389 g/mol. The number of halogens is 3. The molecule has 0 aliphatic rings. The second-order valence-corrected chi connectivity index (χ2v) is 7.00. The van der Waals surface area contributed by atoms with Crippen LogP contribution < -0.4 is 10.6 Å². The van der Waals surface area contributed by atoms with Crippen molar-refractivity contribution in [3.8, 4) is 0 Å². The summed E-state index contributed by atoms with van der Waals surface area (Å²) < 4.78 is 0.988. The van der Waals surface area contributed by atoms with E-state index in [4.69, 9.17) is 47.0 Å². The minimum Gasteiger partial charge on any atom is -0.331 e. The Hall–Kier alpha value is -1.11. The van der Waals surface area contributed by atoms with E-state index in [1.54, 1.807) is 24.3 Å². The first-order valence-electron chi connectivity index (χ1n) is 6.11. The van der Waals surface area contributed by atoms with E-state index < -0.39 is 0 Å². The highest BCUT2D eigenvalue weighted by atomic mass is 35.5. The molecule has 3 aromatic rings. The minimum atomic E-state index is 0.388. The van der Waals surface area contributed by atoms with Crippen molar-refractivity contribution in [3.63, 3.8) is 0 Å². The maximum absolute atomic E-state index is 6.11. The number of aromatic nitrogens is 1. The van der Waals surface area contributed by atoms with Gasteiger partial charge in [0.05, 0.1) is 20.4 Å². The summed E-state index contributed by atoms with van der Waals surface area (Å²) in [5.74, 6) is 0. The fourth-order valence-electron chi connectivity index (χ4n) is 1.81. The lowest BCUT2D eigenvalue weighted by Crippen LogP contribution is -2.19. The third-order valence-electron chi connectivity index (χ3n) is 2.77. The Bertz CT molecular complexity index is 864. The van der Waals surface area contributed by atoms with Crippen LogP contribution in [0.5, 0.6) is 0 Å². The third-order valence-corrected chi connectivity index (χ3v) is 4.76. The highest BCUT2D eigenvalue weighted by molar-refractivity contribution is 7.80. The van der Waals surface area contributed by atoms with Gasteiger partial charge in [-0.15, -0.1) is 0 Å². The van der Waals surface area contributed by atoms with Gasteiger partial charge >= 0.3 is 0 Å². The number of fused-ring (bicyclic) bond motifs is 1. The summed E-state index contributed by atoms with van der Waals surface area (Å²) in [4.78, 5) is 4.42. The van der Waals surface area contributed by atoms with Gasteiger partial charge in [0.15, 0.2) is 10.2 Å². The molecule has 0 radical (unpaired) electrons. The number of anilines is 2. The molecule has 0 unspecified atom stereocenters. The Balaban J connectivity index is 1.77. The van der Waals surface area contributed by atoms with Crippen LogP contribution in [-0.4, -0.2) is 10.1 Å². The van der Waals surface area contributed by atoms with Crippen LogP contribution in [0.2, 0.25) is 15.1 Å². The number of benzene rings is 2. The SMILES string of the molecule is S=C(Nc1nc2c(Cl)cccc2s1)Nc1ccc(Cl)cc1Cl. The number of thiazole rings is 1. The lowest BCUT2D eigenvalue weighted by Gasteiger charge is -2.09. The van der Waals surface area contributed by atoms with E-state index >= 15 is 0 Å². The maximum Gasteiger partial charge on any atom is 0.190 e. The average Bonchev–Trinajstić information content (AvgIpc) is 2.86. The molecule has 0 atom stereocenters. The number of rotatable bonds is 2. The predicted molar refractivity (Wildman–Crippen MR) is 101 cm³/mol. The van der Waals surface area contributed by atoms with Gasteiger partial charge in [-0.2, -0.15) is 0 Å². The zero-order chi connectivity index (χ0) is 15.7. The van der Waals surface area contributed by atoms with Gasteiger partial charge in [0.1, 0.15) is 5.52 Å². The second kappa shape index (κ2) is 6.56. The van der Waals surface area contributed by atoms with Crippen molar-refractivity contribution in [1.82, 2.24) is 4.98 Å². The Labute approximate surface area is 151 Å². The first-order chi connectivity index (χ1) is 10.5. The molecule has 0 aliphatic carbocycles. The summed E-state index contributed by atoms with van der Waals surface area (Å²) in [5, 5.41) is 8.75. The van der Waals surface area contributed by atoms with Gasteiger partial charge in [-0.3, -0.25) is 0 Å². The molecule has 8 heteroatoms. The van der Waals surface area contributed by atoms with Crippen molar-refractivity contribution in [2.75, 3.05) is 10.6 Å². The number of nitrogens with zero attached hydrogens (tertiary/aromatic N) is 1. The van der Waals surface area contributed by atoms with Crippen LogP contribution >= 0.6 is 58.4 Å². The lowest BCUT2D eigenvalue weighted by atomic mass is 10.3. The van der Waals surface area contributed by atoms with Gasteiger partial charge in [-0.25, -0.2) is 4.98 Å². The Morgan fingerprint density at radius 1 is 1.05 bits per heavy atom. The molecule has 112 valence electrons. The van der Waals surface area contributed by atoms with Crippen molar-refractivity contribution in [3.05, 3.63) is 51.5 Å². The van der Waals surface area contributed by atoms with Crippen LogP contribution in [0.25, 0.3) is 10.2 Å². The molecule has 0 aliphatic heterocycles. The van der Waals surface area contributed by atoms with Crippen LogP contribution in [-0.2, 0) is 0 Å². The first-order valence-corrected chi connectivity index (χ1v) is 8.47. The number of nitrogens with one attached hydrogen (secondary N) is 2. The number of para-hydroxylation sites is 1. The van der Waals surface area contributed by atoms with Crippen molar-refractivity contribution in [2.45, 2.75) is 0 Å². The molecule has 2 aromatic carbocycles. The predicted octanol–water partition coefficient (Wildman–Crippen LogP) is 6.07. The smallest absolute Gasteiger partial charge is 0.190 e. The molecular formula is C14H8Cl3N3S2. The monoisotopic (exact) mass is 387 g/mol. The molecule has 3 rings (SSSR count). The highest BCUT2D eigenvalue weighted by Crippen LogP contribution is 2.31. The first kappa shape index (κ1) is 15.8. The van der Waals surface area contributed by atoms with Crippen molar-refractivity contribution < 1.29 is 0 Å². The minimum absolute atomic E-state index is 0.388. The number of hydrogen-bond donors (Lipinski definition) is 2. The third kappa shape index (κ3) is 3.45. The quantitative estimate of drug-likeness (QED) is 0.523. The normalized spacial score (nSPS) is 10.7. The van der Waals surface area contributed by atoms with Crippen LogP contribution in [0.1, 0.15) is 0 Å². The van der Waals surface area contributed by atoms with E-state index in [9.17, 15) is 0 Å². The molecule has 0 bridgehead atoms. The van der Waals surface area contributed by atoms with Crippen LogP contribution in [0.15, 0.2) is 36.4 Å². The molecule has 1 heterocycles. The fraction of sp³-hybridized carbons (Fsp3) is 0. The second-order valence-electron chi connectivity index (χ2n) is 4.31. The van der Waals surface area contributed by atoms with E-state index in [0.717, 1.165) is 10.2 Å². The summed E-state index contributed by atoms with van der Waals surface area (Å²) >= 11 is 24.8. The van der Waals surface area contributed by atoms with Gasteiger partial charge in [0.25, 0.3) is 0 Å². The molecule has 0 fully saturated rings. The van der Waals surface area contributed by atoms with E-state index in [2.05, 4.69) is 15.6 Å². The Morgan fingerprint density at radius 3 is 2.59 bits per heavy atom. The van der Waals surface area contributed by atoms with Gasteiger partial charge in [0.2, 0.25) is 0 Å². The molecule has 0 saturated carbocycles. The zero-order valence-corrected chi connectivity index (χ0v) is 14.8. The molecule has 3 nitrogen and oxygen atoms in total. The molecule has 0 spiro atoms. The maximum atomic E-state index is 6.11. The summed E-state index contributed by atoms with van der Waals surface area (Å²) in [5.41, 5.74) is 1.42. The molecular weight excluding hydrogens is 381 g/mol. The van der Waals surface area contributed by atoms with Crippen LogP contribution in [0.3, 0.4) is 0 Å². The van der Waals surface area contributed by atoms with Crippen molar-refractivity contribution in [2.24, 2.45) is 0 Å². The Morgan fingerprint density at radius 2 is 1.86 bits per heavy atom. The fourth-order valence-corrected chi connectivity index (χ4v) is 3.71. The van der Waals surface area contributed by atoms with E-state index in [0.29, 0.717) is 31.0 Å². The number of thiocarbonyl (C=S) groups is 1. The molecule has 0 saturated heterocycles. The van der Waals surface area contributed by atoms with Gasteiger partial charge < -0.3 is 10.6 Å². The van der Waals surface area contributed by atoms with Gasteiger partial charge in [-0.05, 0) is 42.5 Å². The summed E-state index contributed by atoms with van der Waals surface area (Å²) in [6, 6.07) is 10.8. The van der Waals surface area contributed by atoms with E-state index in [1.165, 1.54) is 11.3 Å². The molecule has 22 heavy (non-hydrogen) atoms. The van der Waals surface area contributed by atoms with E-state index in [1.807, 2.05) is 12.1 Å². The highest BCUT2D eigenvalue weighted by Gasteiger charge is 2.09. The van der Waals surface area contributed by atoms with Crippen molar-refractivity contribution in [1.29, 1.82) is 0 Å². The largest absolute Gasteiger partial charge is 0.331 e. The number of hydrogen-bond acceptors (Lipinski definition) is 3. The molecule has 1 aromatic heterocycles. The van der Waals surface area contributed by atoms with E-state index in [-0.39, 0.29) is 0 Å². The summed E-state index contributed by atoms with van der Waals surface area (Å²) in [6.07, 6.45) is 0. The summed E-state index contributed by atoms with van der Waals surface area (Å²) in [6.45, 7) is 0. The van der Waals surface area contributed by atoms with Crippen LogP contribution in [0, 0.1) is 0 Å². The van der Waals surface area contributed by atoms with Gasteiger partial charge in [-0.1, -0.05) is 52.2 Å². The lowest BCUT2D eigenvalue weighted by molar-refractivity contribution is 1.47. The Kier molecular flexibility index (Phi) is 4.70. The standard InChI is InChI=1S/C14H8Cl3N3S2/c15-7-4-5-10(9(17)6-7)18-13(21)20-14-19-12-8(16)2-1-3-11(12)22-14/h1-6H,(H2,18,19,20,21). The molecule has 2 N–H and O–H groups in total. The molecule has 0 amide bonds. The zero-order valence-electron chi connectivity index (χ0n) is 10.9. The van der Waals surface area contributed by atoms with Crippen molar-refractivity contribution >= 4 is 84.5 Å². The van der Waals surface area contributed by atoms with Gasteiger partial charge in [0, 0.05) is 5.02 Å². The van der Waals surface area contributed by atoms with Crippen LogP contribution in [0.4, 0.5) is 10.8 Å². The topological polar surface area (TPSA) is 37.0 Å².